The maximum Gasteiger partial charge on any atom is 0.225 e. The second-order valence-electron chi connectivity index (χ2n) is 7.87. The molecule has 6 heteroatoms. The molecule has 2 fully saturated rings. The van der Waals surface area contributed by atoms with Crippen molar-refractivity contribution in [1.82, 2.24) is 10.2 Å². The number of benzene rings is 1. The first-order chi connectivity index (χ1) is 13.0. The number of piperidine rings is 1. The number of halogens is 1. The molecule has 2 heterocycles. The second kappa shape index (κ2) is 8.83. The number of rotatable bonds is 5. The molecule has 1 aromatic carbocycles. The van der Waals surface area contributed by atoms with Gasteiger partial charge in [0, 0.05) is 25.6 Å². The summed E-state index contributed by atoms with van der Waals surface area (Å²) in [6.45, 7) is 5.62. The molecule has 0 aliphatic carbocycles. The predicted molar refractivity (Wildman–Crippen MR) is 100 cm³/mol. The zero-order valence-electron chi connectivity index (χ0n) is 16.1. The molecule has 1 N–H and O–H groups in total. The van der Waals surface area contributed by atoms with Crippen LogP contribution in [0.15, 0.2) is 24.3 Å². The molecule has 0 radical (unpaired) electrons. The number of hydrogen-bond donors (Lipinski definition) is 1. The Balaban J connectivity index is 1.70. The van der Waals surface area contributed by atoms with Gasteiger partial charge in [-0.2, -0.15) is 0 Å². The lowest BCUT2D eigenvalue weighted by Crippen LogP contribution is -2.48. The number of likely N-dealkylation sites (tertiary alicyclic amines) is 1. The van der Waals surface area contributed by atoms with Crippen molar-refractivity contribution >= 4 is 11.8 Å². The third-order valence-corrected chi connectivity index (χ3v) is 5.46. The van der Waals surface area contributed by atoms with Crippen LogP contribution in [0.1, 0.15) is 51.1 Å². The van der Waals surface area contributed by atoms with Crippen LogP contribution in [0.25, 0.3) is 0 Å². The van der Waals surface area contributed by atoms with Crippen LogP contribution < -0.4 is 5.32 Å². The van der Waals surface area contributed by atoms with Crippen molar-refractivity contribution in [1.29, 1.82) is 0 Å². The van der Waals surface area contributed by atoms with Gasteiger partial charge in [0.25, 0.3) is 0 Å². The van der Waals surface area contributed by atoms with Gasteiger partial charge in [0.15, 0.2) is 0 Å². The average molecular weight is 376 g/mol. The van der Waals surface area contributed by atoms with Crippen molar-refractivity contribution in [2.45, 2.75) is 51.7 Å². The molecule has 2 amide bonds. The Morgan fingerprint density at radius 1 is 1.19 bits per heavy atom. The lowest BCUT2D eigenvalue weighted by atomic mass is 9.94. The highest BCUT2D eigenvalue weighted by molar-refractivity contribution is 5.82. The number of nitrogens with zero attached hydrogens (tertiary/aromatic N) is 1. The van der Waals surface area contributed by atoms with Crippen LogP contribution >= 0.6 is 0 Å². The first-order valence-electron chi connectivity index (χ1n) is 9.92. The molecule has 0 saturated carbocycles. The summed E-state index contributed by atoms with van der Waals surface area (Å²) in [7, 11) is 0. The normalized spacial score (nSPS) is 24.1. The molecule has 5 nitrogen and oxygen atoms in total. The molecule has 148 valence electrons. The third-order valence-electron chi connectivity index (χ3n) is 5.46. The van der Waals surface area contributed by atoms with E-state index in [1.54, 1.807) is 17.0 Å². The molecule has 2 aliphatic heterocycles. The summed E-state index contributed by atoms with van der Waals surface area (Å²) < 4.78 is 19.1. The van der Waals surface area contributed by atoms with Crippen LogP contribution in [-0.2, 0) is 14.3 Å². The predicted octanol–water partition coefficient (Wildman–Crippen LogP) is 3.06. The molecule has 0 bridgehead atoms. The highest BCUT2D eigenvalue weighted by Crippen LogP contribution is 2.28. The Hall–Kier alpha value is -1.95. The number of ether oxygens (including phenoxy) is 1. The van der Waals surface area contributed by atoms with E-state index in [-0.39, 0.29) is 41.6 Å². The highest BCUT2D eigenvalue weighted by Gasteiger charge is 2.33. The number of nitrogens with one attached hydrogen (secondary N) is 1. The smallest absolute Gasteiger partial charge is 0.225 e. The number of amides is 2. The molecular formula is C21H29FN2O3. The number of hydrogen-bond acceptors (Lipinski definition) is 3. The van der Waals surface area contributed by atoms with Crippen LogP contribution in [0, 0.1) is 17.7 Å². The highest BCUT2D eigenvalue weighted by atomic mass is 19.1. The zero-order valence-corrected chi connectivity index (χ0v) is 16.1. The topological polar surface area (TPSA) is 58.6 Å². The summed E-state index contributed by atoms with van der Waals surface area (Å²) in [5.74, 6) is -0.537. The monoisotopic (exact) mass is 376 g/mol. The molecule has 0 aromatic heterocycles. The summed E-state index contributed by atoms with van der Waals surface area (Å²) in [4.78, 5) is 27.1. The molecule has 1 aromatic rings. The average Bonchev–Trinajstić information content (AvgIpc) is 3.20. The number of carbonyl (C=O) groups excluding carboxylic acids is 2. The minimum atomic E-state index is -0.300. The van der Waals surface area contributed by atoms with Gasteiger partial charge < -0.3 is 15.0 Å². The van der Waals surface area contributed by atoms with Gasteiger partial charge in [-0.3, -0.25) is 9.59 Å². The molecule has 0 unspecified atom stereocenters. The molecule has 3 atom stereocenters. The van der Waals surface area contributed by atoms with Crippen LogP contribution in [0.4, 0.5) is 4.39 Å². The minimum Gasteiger partial charge on any atom is -0.376 e. The maximum absolute atomic E-state index is 13.3. The van der Waals surface area contributed by atoms with Gasteiger partial charge in [0.1, 0.15) is 5.82 Å². The van der Waals surface area contributed by atoms with E-state index in [1.165, 1.54) is 12.1 Å². The van der Waals surface area contributed by atoms with Crippen molar-refractivity contribution in [3.05, 3.63) is 35.6 Å². The first-order valence-corrected chi connectivity index (χ1v) is 9.92. The zero-order chi connectivity index (χ0) is 19.4. The van der Waals surface area contributed by atoms with Gasteiger partial charge in [0.05, 0.1) is 18.1 Å². The lowest BCUT2D eigenvalue weighted by molar-refractivity contribution is -0.138. The van der Waals surface area contributed by atoms with E-state index in [1.807, 2.05) is 13.8 Å². The SMILES string of the molecule is CC(C)C(=O)N1CCC[C@H](C(=O)N[C@@H](c2ccc(F)cc2)[C@@H]2CCCO2)C1. The molecule has 2 aliphatic rings. The Bertz CT molecular complexity index is 656. The van der Waals surface area contributed by atoms with Gasteiger partial charge >= 0.3 is 0 Å². The Labute approximate surface area is 160 Å². The van der Waals surface area contributed by atoms with Crippen LogP contribution in [0.3, 0.4) is 0 Å². The van der Waals surface area contributed by atoms with Gasteiger partial charge in [-0.1, -0.05) is 26.0 Å². The maximum atomic E-state index is 13.3. The quantitative estimate of drug-likeness (QED) is 0.859. The van der Waals surface area contributed by atoms with Crippen LogP contribution in [-0.4, -0.2) is 42.5 Å². The minimum absolute atomic E-state index is 0.0546. The second-order valence-corrected chi connectivity index (χ2v) is 7.87. The van der Waals surface area contributed by atoms with Gasteiger partial charge in [-0.15, -0.1) is 0 Å². The van der Waals surface area contributed by atoms with E-state index >= 15 is 0 Å². The Kier molecular flexibility index (Phi) is 6.47. The van der Waals surface area contributed by atoms with Crippen LogP contribution in [0.2, 0.25) is 0 Å². The Morgan fingerprint density at radius 3 is 2.56 bits per heavy atom. The third kappa shape index (κ3) is 4.86. The molecule has 3 rings (SSSR count). The summed E-state index contributed by atoms with van der Waals surface area (Å²) in [5, 5.41) is 3.13. The molecule has 27 heavy (non-hydrogen) atoms. The first kappa shape index (κ1) is 19.8. The van der Waals surface area contributed by atoms with Crippen molar-refractivity contribution in [2.75, 3.05) is 19.7 Å². The summed E-state index contributed by atoms with van der Waals surface area (Å²) in [6, 6.07) is 5.94. The molecular weight excluding hydrogens is 347 g/mol. The summed E-state index contributed by atoms with van der Waals surface area (Å²) >= 11 is 0. The van der Waals surface area contributed by atoms with E-state index in [0.29, 0.717) is 19.7 Å². The fourth-order valence-corrected chi connectivity index (χ4v) is 3.95. The van der Waals surface area contributed by atoms with Gasteiger partial charge in [-0.25, -0.2) is 4.39 Å². The fraction of sp³-hybridized carbons (Fsp3) is 0.619. The fourth-order valence-electron chi connectivity index (χ4n) is 3.95. The van der Waals surface area contributed by atoms with Crippen molar-refractivity contribution in [3.63, 3.8) is 0 Å². The van der Waals surface area contributed by atoms with Crippen molar-refractivity contribution < 1.29 is 18.7 Å². The van der Waals surface area contributed by atoms with E-state index < -0.39 is 0 Å². The van der Waals surface area contributed by atoms with E-state index in [2.05, 4.69) is 5.32 Å². The van der Waals surface area contributed by atoms with E-state index in [4.69, 9.17) is 4.74 Å². The van der Waals surface area contributed by atoms with Crippen molar-refractivity contribution in [2.24, 2.45) is 11.8 Å². The van der Waals surface area contributed by atoms with Gasteiger partial charge in [0.2, 0.25) is 11.8 Å². The van der Waals surface area contributed by atoms with E-state index in [9.17, 15) is 14.0 Å². The molecule has 0 spiro atoms. The van der Waals surface area contributed by atoms with E-state index in [0.717, 1.165) is 31.2 Å². The summed E-state index contributed by atoms with van der Waals surface area (Å²) in [6.07, 6.45) is 3.33. The van der Waals surface area contributed by atoms with Gasteiger partial charge in [-0.05, 0) is 43.4 Å². The Morgan fingerprint density at radius 2 is 1.93 bits per heavy atom. The van der Waals surface area contributed by atoms with Crippen molar-refractivity contribution in [3.8, 4) is 0 Å². The molecule has 2 saturated heterocycles. The largest absolute Gasteiger partial charge is 0.376 e. The lowest BCUT2D eigenvalue weighted by Gasteiger charge is -2.34. The standard InChI is InChI=1S/C21H29FN2O3/c1-14(2)21(26)24-11-3-5-16(13-24)20(25)23-19(18-6-4-12-27-18)15-7-9-17(22)10-8-15/h7-10,14,16,18-19H,3-6,11-13H2,1-2H3,(H,23,25)/t16-,18-,19-/m0/s1. The number of carbonyl (C=O) groups is 2. The summed E-state index contributed by atoms with van der Waals surface area (Å²) in [5.41, 5.74) is 0.850. The van der Waals surface area contributed by atoms with Crippen LogP contribution in [0.5, 0.6) is 0 Å².